The van der Waals surface area contributed by atoms with Gasteiger partial charge in [-0.2, -0.15) is 0 Å². The fourth-order valence-corrected chi connectivity index (χ4v) is 2.73. The maximum Gasteiger partial charge on any atom is 0.123 e. The molecule has 3 nitrogen and oxygen atoms in total. The van der Waals surface area contributed by atoms with Gasteiger partial charge in [0.2, 0.25) is 0 Å². The number of aromatic amines is 1. The highest BCUT2D eigenvalue weighted by atomic mass is 15.0. The second kappa shape index (κ2) is 6.10. The Morgan fingerprint density at radius 1 is 1.14 bits per heavy atom. The van der Waals surface area contributed by atoms with Crippen LogP contribution < -0.4 is 5.32 Å². The third-order valence-corrected chi connectivity index (χ3v) is 3.98. The average Bonchev–Trinajstić information content (AvgIpc) is 3.06. The third-order valence-electron chi connectivity index (χ3n) is 3.98. The van der Waals surface area contributed by atoms with Crippen LogP contribution in [-0.2, 0) is 0 Å². The second-order valence-corrected chi connectivity index (χ2v) is 5.43. The molecular weight excluding hydrogens is 258 g/mol. The number of rotatable bonds is 5. The fraction of sp³-hybridized carbons (Fsp3) is 0.278. The lowest BCUT2D eigenvalue weighted by molar-refractivity contribution is 0.441. The van der Waals surface area contributed by atoms with Crippen molar-refractivity contribution in [2.75, 3.05) is 0 Å². The highest BCUT2D eigenvalue weighted by Crippen LogP contribution is 2.23. The van der Waals surface area contributed by atoms with Crippen LogP contribution in [0.3, 0.4) is 0 Å². The minimum absolute atomic E-state index is 0.251. The van der Waals surface area contributed by atoms with E-state index in [1.54, 1.807) is 6.20 Å². The standard InChI is InChI=1S/C18H21N3/c1-3-17(18-19-10-11-20-18)21-13(2)15-9-8-14-6-4-5-7-16(14)12-15/h4-13,17,21H,3H2,1-2H3,(H,19,20). The van der Waals surface area contributed by atoms with Gasteiger partial charge in [0.05, 0.1) is 6.04 Å². The van der Waals surface area contributed by atoms with E-state index in [4.69, 9.17) is 0 Å². The summed E-state index contributed by atoms with van der Waals surface area (Å²) in [5, 5.41) is 6.23. The molecule has 2 unspecified atom stereocenters. The molecule has 3 rings (SSSR count). The predicted octanol–water partition coefficient (Wildman–Crippen LogP) is 4.36. The fourth-order valence-electron chi connectivity index (χ4n) is 2.73. The van der Waals surface area contributed by atoms with Crippen LogP contribution in [0, 0.1) is 0 Å². The Labute approximate surface area is 125 Å². The van der Waals surface area contributed by atoms with Gasteiger partial charge < -0.3 is 10.3 Å². The molecule has 0 aliphatic rings. The molecular formula is C18H21N3. The number of hydrogen-bond acceptors (Lipinski definition) is 2. The zero-order chi connectivity index (χ0) is 14.7. The number of nitrogens with zero attached hydrogens (tertiary/aromatic N) is 1. The largest absolute Gasteiger partial charge is 0.347 e. The molecule has 1 heterocycles. The summed E-state index contributed by atoms with van der Waals surface area (Å²) in [5.74, 6) is 1.00. The number of H-pyrrole nitrogens is 1. The van der Waals surface area contributed by atoms with E-state index in [1.165, 1.54) is 16.3 Å². The van der Waals surface area contributed by atoms with Gasteiger partial charge in [0.15, 0.2) is 0 Å². The van der Waals surface area contributed by atoms with Crippen molar-refractivity contribution in [1.29, 1.82) is 0 Å². The Balaban J connectivity index is 1.81. The highest BCUT2D eigenvalue weighted by Gasteiger charge is 2.15. The molecule has 2 aromatic carbocycles. The number of fused-ring (bicyclic) bond motifs is 1. The minimum atomic E-state index is 0.251. The molecule has 1 aromatic heterocycles. The van der Waals surface area contributed by atoms with Crippen LogP contribution in [0.15, 0.2) is 54.9 Å². The number of benzene rings is 2. The summed E-state index contributed by atoms with van der Waals surface area (Å²) in [6.07, 6.45) is 4.69. The molecule has 2 N–H and O–H groups in total. The highest BCUT2D eigenvalue weighted by molar-refractivity contribution is 5.83. The van der Waals surface area contributed by atoms with Gasteiger partial charge in [-0.3, -0.25) is 0 Å². The van der Waals surface area contributed by atoms with Crippen molar-refractivity contribution in [2.24, 2.45) is 0 Å². The summed E-state index contributed by atoms with van der Waals surface area (Å²) in [6.45, 7) is 4.38. The van der Waals surface area contributed by atoms with E-state index in [2.05, 4.69) is 71.6 Å². The van der Waals surface area contributed by atoms with Gasteiger partial charge in [0, 0.05) is 18.4 Å². The van der Waals surface area contributed by atoms with Crippen LogP contribution in [0.5, 0.6) is 0 Å². The molecule has 0 amide bonds. The molecule has 21 heavy (non-hydrogen) atoms. The van der Waals surface area contributed by atoms with Gasteiger partial charge in [-0.1, -0.05) is 43.3 Å². The Morgan fingerprint density at radius 2 is 1.95 bits per heavy atom. The van der Waals surface area contributed by atoms with E-state index in [0.717, 1.165) is 12.2 Å². The average molecular weight is 279 g/mol. The molecule has 0 saturated heterocycles. The molecule has 0 aliphatic heterocycles. The first kappa shape index (κ1) is 13.8. The smallest absolute Gasteiger partial charge is 0.123 e. The van der Waals surface area contributed by atoms with Crippen LogP contribution >= 0.6 is 0 Å². The van der Waals surface area contributed by atoms with Crippen LogP contribution in [0.2, 0.25) is 0 Å². The van der Waals surface area contributed by atoms with Crippen molar-refractivity contribution >= 4 is 10.8 Å². The van der Waals surface area contributed by atoms with E-state index in [1.807, 2.05) is 6.20 Å². The normalized spacial score (nSPS) is 14.2. The van der Waals surface area contributed by atoms with Crippen molar-refractivity contribution in [1.82, 2.24) is 15.3 Å². The molecule has 0 bridgehead atoms. The number of nitrogens with one attached hydrogen (secondary N) is 2. The molecule has 0 fully saturated rings. The van der Waals surface area contributed by atoms with E-state index in [9.17, 15) is 0 Å². The molecule has 0 aliphatic carbocycles. The monoisotopic (exact) mass is 279 g/mol. The van der Waals surface area contributed by atoms with Crippen LogP contribution in [0.25, 0.3) is 10.8 Å². The Morgan fingerprint density at radius 3 is 2.67 bits per heavy atom. The summed E-state index contributed by atoms with van der Waals surface area (Å²) in [6, 6.07) is 15.7. The summed E-state index contributed by atoms with van der Waals surface area (Å²) in [5.41, 5.74) is 1.30. The maximum absolute atomic E-state index is 4.37. The molecule has 0 spiro atoms. The zero-order valence-corrected chi connectivity index (χ0v) is 12.5. The third kappa shape index (κ3) is 2.98. The summed E-state index contributed by atoms with van der Waals surface area (Å²) >= 11 is 0. The van der Waals surface area contributed by atoms with E-state index in [0.29, 0.717) is 0 Å². The van der Waals surface area contributed by atoms with Gasteiger partial charge in [0.25, 0.3) is 0 Å². The van der Waals surface area contributed by atoms with Gasteiger partial charge in [-0.15, -0.1) is 0 Å². The molecule has 3 aromatic rings. The first-order valence-corrected chi connectivity index (χ1v) is 7.52. The number of imidazole rings is 1. The number of aromatic nitrogens is 2. The molecule has 108 valence electrons. The van der Waals surface area contributed by atoms with Crippen molar-refractivity contribution < 1.29 is 0 Å². The lowest BCUT2D eigenvalue weighted by atomic mass is 10.0. The van der Waals surface area contributed by atoms with Gasteiger partial charge in [-0.25, -0.2) is 4.98 Å². The molecule has 0 saturated carbocycles. The zero-order valence-electron chi connectivity index (χ0n) is 12.5. The van der Waals surface area contributed by atoms with Crippen LogP contribution in [-0.4, -0.2) is 9.97 Å². The second-order valence-electron chi connectivity index (χ2n) is 5.43. The summed E-state index contributed by atoms with van der Waals surface area (Å²) in [4.78, 5) is 7.57. The molecule has 3 heteroatoms. The number of hydrogen-bond donors (Lipinski definition) is 2. The minimum Gasteiger partial charge on any atom is -0.347 e. The van der Waals surface area contributed by atoms with Crippen molar-refractivity contribution in [3.05, 3.63) is 66.2 Å². The van der Waals surface area contributed by atoms with Crippen LogP contribution in [0.4, 0.5) is 0 Å². The van der Waals surface area contributed by atoms with Gasteiger partial charge in [0.1, 0.15) is 5.82 Å². The Hall–Kier alpha value is -2.13. The van der Waals surface area contributed by atoms with Gasteiger partial charge >= 0.3 is 0 Å². The quantitative estimate of drug-likeness (QED) is 0.728. The topological polar surface area (TPSA) is 40.7 Å². The van der Waals surface area contributed by atoms with Crippen LogP contribution in [0.1, 0.15) is 43.7 Å². The van der Waals surface area contributed by atoms with E-state index >= 15 is 0 Å². The predicted molar refractivity (Wildman–Crippen MR) is 87.1 cm³/mol. The van der Waals surface area contributed by atoms with Crippen molar-refractivity contribution in [3.63, 3.8) is 0 Å². The van der Waals surface area contributed by atoms with Gasteiger partial charge in [-0.05, 0) is 35.7 Å². The lowest BCUT2D eigenvalue weighted by Crippen LogP contribution is -2.25. The van der Waals surface area contributed by atoms with Crippen molar-refractivity contribution in [2.45, 2.75) is 32.4 Å². The molecule has 0 radical (unpaired) electrons. The van der Waals surface area contributed by atoms with Crippen molar-refractivity contribution in [3.8, 4) is 0 Å². The maximum atomic E-state index is 4.37. The van der Waals surface area contributed by atoms with E-state index in [-0.39, 0.29) is 12.1 Å². The first-order valence-electron chi connectivity index (χ1n) is 7.52. The van der Waals surface area contributed by atoms with E-state index < -0.39 is 0 Å². The lowest BCUT2D eigenvalue weighted by Gasteiger charge is -2.21. The summed E-state index contributed by atoms with van der Waals surface area (Å²) < 4.78 is 0. The summed E-state index contributed by atoms with van der Waals surface area (Å²) in [7, 11) is 0. The Bertz CT molecular complexity index is 703. The SMILES string of the molecule is CCC(NC(C)c1ccc2ccccc2c1)c1ncc[nH]1. The molecule has 2 atom stereocenters. The first-order chi connectivity index (χ1) is 10.3. The Kier molecular flexibility index (Phi) is 4.02.